The smallest absolute Gasteiger partial charge is 0.222 e. The minimum absolute atomic E-state index is 0.0809. The molecule has 4 N–H and O–H groups in total. The molecule has 2 unspecified atom stereocenters. The van der Waals surface area contributed by atoms with E-state index in [1.807, 2.05) is 0 Å². The summed E-state index contributed by atoms with van der Waals surface area (Å²) in [5.74, 6) is -0.591. The summed E-state index contributed by atoms with van der Waals surface area (Å²) in [7, 11) is 0. The molecule has 0 saturated carbocycles. The summed E-state index contributed by atoms with van der Waals surface area (Å²) in [4.78, 5) is 10.9. The highest BCUT2D eigenvalue weighted by atomic mass is 16.1. The van der Waals surface area contributed by atoms with Gasteiger partial charge in [0.25, 0.3) is 0 Å². The molecular formula is C10H19N5O. The Morgan fingerprint density at radius 1 is 1.62 bits per heavy atom. The number of nitrogens with zero attached hydrogens (tertiary/aromatic N) is 3. The maximum atomic E-state index is 10.9. The Morgan fingerprint density at radius 2 is 2.31 bits per heavy atom. The van der Waals surface area contributed by atoms with E-state index in [2.05, 4.69) is 17.2 Å². The van der Waals surface area contributed by atoms with Crippen molar-refractivity contribution in [3.05, 3.63) is 11.9 Å². The predicted molar refractivity (Wildman–Crippen MR) is 60.2 cm³/mol. The van der Waals surface area contributed by atoms with Crippen molar-refractivity contribution in [1.82, 2.24) is 15.0 Å². The molecule has 1 heterocycles. The second kappa shape index (κ2) is 5.60. The fraction of sp³-hybridized carbons (Fsp3) is 0.700. The first-order valence-corrected chi connectivity index (χ1v) is 5.49. The molecule has 0 spiro atoms. The van der Waals surface area contributed by atoms with Crippen LogP contribution in [0.2, 0.25) is 0 Å². The molecule has 0 bridgehead atoms. The lowest BCUT2D eigenvalue weighted by Gasteiger charge is -2.06. The van der Waals surface area contributed by atoms with Gasteiger partial charge in [-0.15, -0.1) is 5.10 Å². The van der Waals surface area contributed by atoms with Gasteiger partial charge in [-0.05, 0) is 6.42 Å². The van der Waals surface area contributed by atoms with Gasteiger partial charge in [0.05, 0.1) is 30.4 Å². The van der Waals surface area contributed by atoms with Gasteiger partial charge in [0, 0.05) is 0 Å². The molecule has 1 amide bonds. The SMILES string of the molecule is CCCC(N)c1cn(CC(C)C(N)=O)nn1. The summed E-state index contributed by atoms with van der Waals surface area (Å²) >= 11 is 0. The molecule has 6 nitrogen and oxygen atoms in total. The van der Waals surface area contributed by atoms with Crippen molar-refractivity contribution >= 4 is 5.91 Å². The molecule has 0 saturated heterocycles. The summed E-state index contributed by atoms with van der Waals surface area (Å²) in [6.45, 7) is 4.27. The molecule has 0 aliphatic heterocycles. The lowest BCUT2D eigenvalue weighted by molar-refractivity contribution is -0.121. The van der Waals surface area contributed by atoms with Crippen LogP contribution in [0.4, 0.5) is 0 Å². The molecule has 1 aromatic heterocycles. The standard InChI is InChI=1S/C10H19N5O/c1-3-4-8(11)9-6-15(14-13-9)5-7(2)10(12)16/h6-8H,3-5,11H2,1-2H3,(H2,12,16). The van der Waals surface area contributed by atoms with Gasteiger partial charge in [0.15, 0.2) is 0 Å². The number of hydrogen-bond donors (Lipinski definition) is 2. The Balaban J connectivity index is 2.61. The normalized spacial score (nSPS) is 14.7. The summed E-state index contributed by atoms with van der Waals surface area (Å²) in [6, 6.07) is -0.0809. The van der Waals surface area contributed by atoms with Gasteiger partial charge in [0.1, 0.15) is 0 Å². The number of carbonyl (C=O) groups is 1. The zero-order valence-electron chi connectivity index (χ0n) is 9.76. The van der Waals surface area contributed by atoms with Gasteiger partial charge >= 0.3 is 0 Å². The molecule has 16 heavy (non-hydrogen) atoms. The summed E-state index contributed by atoms with van der Waals surface area (Å²) < 4.78 is 1.61. The zero-order chi connectivity index (χ0) is 12.1. The van der Waals surface area contributed by atoms with Crippen LogP contribution in [0.25, 0.3) is 0 Å². The number of amides is 1. The van der Waals surface area contributed by atoms with Crippen LogP contribution in [0.5, 0.6) is 0 Å². The first kappa shape index (κ1) is 12.6. The molecule has 2 atom stereocenters. The van der Waals surface area contributed by atoms with E-state index in [4.69, 9.17) is 11.5 Å². The van der Waals surface area contributed by atoms with Crippen molar-refractivity contribution in [1.29, 1.82) is 0 Å². The zero-order valence-corrected chi connectivity index (χ0v) is 9.76. The Kier molecular flexibility index (Phi) is 4.42. The Morgan fingerprint density at radius 3 is 2.88 bits per heavy atom. The molecular weight excluding hydrogens is 206 g/mol. The van der Waals surface area contributed by atoms with Crippen molar-refractivity contribution < 1.29 is 4.79 Å². The van der Waals surface area contributed by atoms with E-state index in [9.17, 15) is 4.79 Å². The van der Waals surface area contributed by atoms with E-state index in [1.54, 1.807) is 17.8 Å². The lowest BCUT2D eigenvalue weighted by Crippen LogP contribution is -2.24. The molecule has 1 rings (SSSR count). The predicted octanol–water partition coefficient (Wildman–Crippen LogP) is 0.199. The molecule has 6 heteroatoms. The second-order valence-corrected chi connectivity index (χ2v) is 4.06. The maximum Gasteiger partial charge on any atom is 0.222 e. The van der Waals surface area contributed by atoms with Gasteiger partial charge in [-0.1, -0.05) is 25.5 Å². The molecule has 0 radical (unpaired) electrons. The van der Waals surface area contributed by atoms with E-state index in [0.717, 1.165) is 18.5 Å². The summed E-state index contributed by atoms with van der Waals surface area (Å²) in [5.41, 5.74) is 11.8. The third-order valence-corrected chi connectivity index (χ3v) is 2.48. The van der Waals surface area contributed by atoms with Crippen LogP contribution < -0.4 is 11.5 Å². The third-order valence-electron chi connectivity index (χ3n) is 2.48. The van der Waals surface area contributed by atoms with Crippen molar-refractivity contribution in [2.75, 3.05) is 0 Å². The van der Waals surface area contributed by atoms with E-state index >= 15 is 0 Å². The largest absolute Gasteiger partial charge is 0.369 e. The number of nitrogens with two attached hydrogens (primary N) is 2. The van der Waals surface area contributed by atoms with Crippen LogP contribution in [-0.4, -0.2) is 20.9 Å². The fourth-order valence-electron chi connectivity index (χ4n) is 1.40. The lowest BCUT2D eigenvalue weighted by atomic mass is 10.1. The Hall–Kier alpha value is -1.43. The van der Waals surface area contributed by atoms with Gasteiger partial charge in [-0.2, -0.15) is 0 Å². The Bertz CT molecular complexity index is 349. The highest BCUT2D eigenvalue weighted by Gasteiger charge is 2.13. The molecule has 0 aromatic carbocycles. The minimum Gasteiger partial charge on any atom is -0.369 e. The van der Waals surface area contributed by atoms with Crippen LogP contribution >= 0.6 is 0 Å². The average molecular weight is 225 g/mol. The monoisotopic (exact) mass is 225 g/mol. The molecule has 0 aliphatic rings. The number of aromatic nitrogens is 3. The van der Waals surface area contributed by atoms with E-state index in [-0.39, 0.29) is 17.9 Å². The van der Waals surface area contributed by atoms with Crippen molar-refractivity contribution in [3.8, 4) is 0 Å². The quantitative estimate of drug-likeness (QED) is 0.722. The highest BCUT2D eigenvalue weighted by molar-refractivity contribution is 5.76. The number of rotatable bonds is 6. The third kappa shape index (κ3) is 3.30. The first-order valence-electron chi connectivity index (χ1n) is 5.49. The minimum atomic E-state index is -0.338. The molecule has 0 aliphatic carbocycles. The number of primary amides is 1. The van der Waals surface area contributed by atoms with Gasteiger partial charge in [-0.3, -0.25) is 9.48 Å². The topological polar surface area (TPSA) is 99.8 Å². The van der Waals surface area contributed by atoms with Crippen LogP contribution in [0.1, 0.15) is 38.4 Å². The van der Waals surface area contributed by atoms with E-state index in [1.165, 1.54) is 0 Å². The first-order chi connectivity index (χ1) is 7.54. The van der Waals surface area contributed by atoms with Gasteiger partial charge in [-0.25, -0.2) is 0 Å². The maximum absolute atomic E-state index is 10.9. The molecule has 1 aromatic rings. The van der Waals surface area contributed by atoms with Crippen molar-refractivity contribution in [2.24, 2.45) is 17.4 Å². The van der Waals surface area contributed by atoms with E-state index in [0.29, 0.717) is 6.54 Å². The number of hydrogen-bond acceptors (Lipinski definition) is 4. The highest BCUT2D eigenvalue weighted by Crippen LogP contribution is 2.12. The molecule has 0 fully saturated rings. The van der Waals surface area contributed by atoms with Gasteiger partial charge in [0.2, 0.25) is 5.91 Å². The average Bonchev–Trinajstić information content (AvgIpc) is 2.66. The van der Waals surface area contributed by atoms with Crippen LogP contribution in [-0.2, 0) is 11.3 Å². The Labute approximate surface area is 95.0 Å². The fourth-order valence-corrected chi connectivity index (χ4v) is 1.40. The second-order valence-electron chi connectivity index (χ2n) is 4.06. The van der Waals surface area contributed by atoms with Crippen LogP contribution in [0.15, 0.2) is 6.20 Å². The van der Waals surface area contributed by atoms with Crippen LogP contribution in [0, 0.1) is 5.92 Å². The van der Waals surface area contributed by atoms with Crippen molar-refractivity contribution in [3.63, 3.8) is 0 Å². The van der Waals surface area contributed by atoms with Gasteiger partial charge < -0.3 is 11.5 Å². The van der Waals surface area contributed by atoms with Crippen LogP contribution in [0.3, 0.4) is 0 Å². The number of carbonyl (C=O) groups excluding carboxylic acids is 1. The summed E-state index contributed by atoms with van der Waals surface area (Å²) in [6.07, 6.45) is 3.66. The summed E-state index contributed by atoms with van der Waals surface area (Å²) in [5, 5.41) is 7.90. The van der Waals surface area contributed by atoms with E-state index < -0.39 is 0 Å². The molecule has 90 valence electrons. The van der Waals surface area contributed by atoms with Crippen molar-refractivity contribution in [2.45, 2.75) is 39.3 Å².